The SMILES string of the molecule is COc1cc(C(F)(F)C(=O)O)c(Cl)cn1. The molecule has 0 amide bonds. The molecule has 0 atom stereocenters. The van der Waals surface area contributed by atoms with Crippen LogP contribution in [0.5, 0.6) is 5.88 Å². The van der Waals surface area contributed by atoms with Gasteiger partial charge in [-0.1, -0.05) is 11.6 Å². The first-order chi connectivity index (χ1) is 6.89. The van der Waals surface area contributed by atoms with E-state index in [9.17, 15) is 13.6 Å². The highest BCUT2D eigenvalue weighted by molar-refractivity contribution is 6.31. The van der Waals surface area contributed by atoms with Crippen LogP contribution in [0.25, 0.3) is 0 Å². The second-order valence-electron chi connectivity index (χ2n) is 2.59. The van der Waals surface area contributed by atoms with Crippen molar-refractivity contribution in [1.82, 2.24) is 4.98 Å². The molecule has 7 heteroatoms. The molecule has 82 valence electrons. The average Bonchev–Trinajstić information content (AvgIpc) is 2.18. The Balaban J connectivity index is 3.29. The third-order valence-electron chi connectivity index (χ3n) is 1.65. The van der Waals surface area contributed by atoms with Crippen molar-refractivity contribution in [3.63, 3.8) is 0 Å². The largest absolute Gasteiger partial charge is 0.481 e. The van der Waals surface area contributed by atoms with Crippen molar-refractivity contribution in [1.29, 1.82) is 0 Å². The lowest BCUT2D eigenvalue weighted by Gasteiger charge is -2.13. The zero-order chi connectivity index (χ0) is 11.6. The van der Waals surface area contributed by atoms with Gasteiger partial charge in [0.05, 0.1) is 23.9 Å². The van der Waals surface area contributed by atoms with E-state index in [4.69, 9.17) is 16.7 Å². The molecule has 0 saturated carbocycles. The molecule has 0 bridgehead atoms. The van der Waals surface area contributed by atoms with Crippen LogP contribution >= 0.6 is 11.6 Å². The van der Waals surface area contributed by atoms with Crippen LogP contribution in [0.15, 0.2) is 12.3 Å². The standard InChI is InChI=1S/C8H6ClF2NO3/c1-15-6-2-4(5(9)3-12-6)8(10,11)7(13)14/h2-3H,1H3,(H,13,14). The number of hydrogen-bond acceptors (Lipinski definition) is 3. The maximum absolute atomic E-state index is 13.1. The summed E-state index contributed by atoms with van der Waals surface area (Å²) in [5.74, 6) is -6.47. The number of rotatable bonds is 3. The normalized spacial score (nSPS) is 11.2. The number of methoxy groups -OCH3 is 1. The predicted octanol–water partition coefficient (Wildman–Crippen LogP) is 1.92. The van der Waals surface area contributed by atoms with Gasteiger partial charge in [0, 0.05) is 6.07 Å². The number of halogens is 3. The number of carbonyl (C=O) groups is 1. The molecule has 0 aliphatic rings. The summed E-state index contributed by atoms with van der Waals surface area (Å²) < 4.78 is 30.8. The topological polar surface area (TPSA) is 59.4 Å². The molecule has 0 radical (unpaired) electrons. The molecule has 0 aliphatic heterocycles. The van der Waals surface area contributed by atoms with E-state index < -0.39 is 22.5 Å². The first kappa shape index (κ1) is 11.6. The fourth-order valence-corrected chi connectivity index (χ4v) is 1.11. The maximum Gasteiger partial charge on any atom is 0.379 e. The van der Waals surface area contributed by atoms with E-state index in [1.54, 1.807) is 0 Å². The number of ether oxygens (including phenoxy) is 1. The Morgan fingerprint density at radius 2 is 2.27 bits per heavy atom. The van der Waals surface area contributed by atoms with Crippen molar-refractivity contribution in [2.24, 2.45) is 0 Å². The predicted molar refractivity (Wildman–Crippen MR) is 47.3 cm³/mol. The van der Waals surface area contributed by atoms with Crippen molar-refractivity contribution >= 4 is 17.6 Å². The minimum atomic E-state index is -4.06. The van der Waals surface area contributed by atoms with Gasteiger partial charge in [0.15, 0.2) is 0 Å². The number of aromatic nitrogens is 1. The Hall–Kier alpha value is -1.43. The van der Waals surface area contributed by atoms with Crippen LogP contribution in [0.3, 0.4) is 0 Å². The maximum atomic E-state index is 13.1. The van der Waals surface area contributed by atoms with E-state index in [2.05, 4.69) is 9.72 Å². The lowest BCUT2D eigenvalue weighted by Crippen LogP contribution is -2.25. The van der Waals surface area contributed by atoms with E-state index in [-0.39, 0.29) is 5.88 Å². The molecule has 1 aromatic rings. The second kappa shape index (κ2) is 3.98. The summed E-state index contributed by atoms with van der Waals surface area (Å²) >= 11 is 5.42. The lowest BCUT2D eigenvalue weighted by molar-refractivity contribution is -0.166. The number of carboxylic acids is 1. The molecule has 4 nitrogen and oxygen atoms in total. The molecule has 0 fully saturated rings. The molecular weight excluding hydrogens is 232 g/mol. The van der Waals surface area contributed by atoms with Crippen LogP contribution in [0.2, 0.25) is 5.02 Å². The fourth-order valence-electron chi connectivity index (χ4n) is 0.887. The Bertz CT molecular complexity index is 397. The molecule has 0 unspecified atom stereocenters. The Morgan fingerprint density at radius 3 is 2.73 bits per heavy atom. The van der Waals surface area contributed by atoms with E-state index in [0.717, 1.165) is 12.3 Å². The number of hydrogen-bond donors (Lipinski definition) is 1. The lowest BCUT2D eigenvalue weighted by atomic mass is 10.1. The van der Waals surface area contributed by atoms with Gasteiger partial charge in [-0.05, 0) is 0 Å². The summed E-state index contributed by atoms with van der Waals surface area (Å²) in [7, 11) is 1.22. The molecule has 15 heavy (non-hydrogen) atoms. The number of nitrogens with zero attached hydrogens (tertiary/aromatic N) is 1. The van der Waals surface area contributed by atoms with Crippen LogP contribution < -0.4 is 4.74 Å². The fraction of sp³-hybridized carbons (Fsp3) is 0.250. The smallest absolute Gasteiger partial charge is 0.379 e. The van der Waals surface area contributed by atoms with Gasteiger partial charge in [0.2, 0.25) is 5.88 Å². The van der Waals surface area contributed by atoms with E-state index in [1.165, 1.54) is 7.11 Å². The van der Waals surface area contributed by atoms with Crippen LogP contribution in [0.4, 0.5) is 8.78 Å². The first-order valence-corrected chi connectivity index (χ1v) is 4.08. The monoisotopic (exact) mass is 237 g/mol. The molecular formula is C8H6ClF2NO3. The highest BCUT2D eigenvalue weighted by Crippen LogP contribution is 2.34. The van der Waals surface area contributed by atoms with Gasteiger partial charge < -0.3 is 9.84 Å². The van der Waals surface area contributed by atoms with Gasteiger partial charge >= 0.3 is 11.9 Å². The Morgan fingerprint density at radius 1 is 1.67 bits per heavy atom. The van der Waals surface area contributed by atoms with Crippen LogP contribution in [0, 0.1) is 0 Å². The minimum absolute atomic E-state index is 0.129. The van der Waals surface area contributed by atoms with Crippen LogP contribution in [-0.2, 0) is 10.7 Å². The Kier molecular flexibility index (Phi) is 3.09. The van der Waals surface area contributed by atoms with Gasteiger partial charge in [-0.2, -0.15) is 8.78 Å². The molecule has 0 aromatic carbocycles. The summed E-state index contributed by atoms with van der Waals surface area (Å²) in [6.45, 7) is 0. The molecule has 1 N–H and O–H groups in total. The summed E-state index contributed by atoms with van der Waals surface area (Å²) in [6, 6.07) is 0.788. The van der Waals surface area contributed by atoms with E-state index in [1.807, 2.05) is 0 Å². The highest BCUT2D eigenvalue weighted by atomic mass is 35.5. The van der Waals surface area contributed by atoms with Gasteiger partial charge in [0.25, 0.3) is 0 Å². The number of carboxylic acid groups (broad SMARTS) is 1. The van der Waals surface area contributed by atoms with Gasteiger partial charge in [-0.25, -0.2) is 9.78 Å². The van der Waals surface area contributed by atoms with Crippen LogP contribution in [-0.4, -0.2) is 23.2 Å². The molecule has 0 spiro atoms. The second-order valence-corrected chi connectivity index (χ2v) is 2.99. The average molecular weight is 238 g/mol. The number of aliphatic carboxylic acids is 1. The number of alkyl halides is 2. The molecule has 1 heterocycles. The summed E-state index contributed by atoms with van der Waals surface area (Å²) in [6.07, 6.45) is 0.909. The third kappa shape index (κ3) is 2.15. The Labute approximate surface area is 88.4 Å². The highest BCUT2D eigenvalue weighted by Gasteiger charge is 2.43. The third-order valence-corrected chi connectivity index (χ3v) is 1.95. The molecule has 1 aromatic heterocycles. The van der Waals surface area contributed by atoms with Gasteiger partial charge in [-0.15, -0.1) is 0 Å². The quantitative estimate of drug-likeness (QED) is 0.873. The molecule has 1 rings (SSSR count). The molecule has 0 saturated heterocycles. The van der Waals surface area contributed by atoms with Gasteiger partial charge in [0.1, 0.15) is 0 Å². The summed E-state index contributed by atoms with van der Waals surface area (Å²) in [5.41, 5.74) is -0.844. The van der Waals surface area contributed by atoms with Crippen LogP contribution in [0.1, 0.15) is 5.56 Å². The zero-order valence-corrected chi connectivity index (χ0v) is 8.26. The van der Waals surface area contributed by atoms with Crippen molar-refractivity contribution in [2.45, 2.75) is 5.92 Å². The van der Waals surface area contributed by atoms with Crippen molar-refractivity contribution in [3.05, 3.63) is 22.8 Å². The summed E-state index contributed by atoms with van der Waals surface area (Å²) in [4.78, 5) is 13.9. The van der Waals surface area contributed by atoms with E-state index >= 15 is 0 Å². The van der Waals surface area contributed by atoms with Gasteiger partial charge in [-0.3, -0.25) is 0 Å². The van der Waals surface area contributed by atoms with Crippen molar-refractivity contribution in [2.75, 3.05) is 7.11 Å². The van der Waals surface area contributed by atoms with Crippen molar-refractivity contribution in [3.8, 4) is 5.88 Å². The zero-order valence-electron chi connectivity index (χ0n) is 7.50. The minimum Gasteiger partial charge on any atom is -0.481 e. The van der Waals surface area contributed by atoms with E-state index in [0.29, 0.717) is 0 Å². The summed E-state index contributed by atoms with van der Waals surface area (Å²) in [5, 5.41) is 7.89. The van der Waals surface area contributed by atoms with Crippen molar-refractivity contribution < 1.29 is 23.4 Å². The first-order valence-electron chi connectivity index (χ1n) is 3.70. The number of pyridine rings is 1. The molecule has 0 aliphatic carbocycles.